The van der Waals surface area contributed by atoms with Crippen molar-refractivity contribution in [2.24, 2.45) is 0 Å². The van der Waals surface area contributed by atoms with Gasteiger partial charge >= 0.3 is 0 Å². The number of hydrogen-bond acceptors (Lipinski definition) is 6. The fourth-order valence-corrected chi connectivity index (χ4v) is 5.59. The van der Waals surface area contributed by atoms with Crippen LogP contribution in [0.5, 0.6) is 0 Å². The molecule has 1 saturated heterocycles. The molecule has 2 aliphatic heterocycles. The minimum atomic E-state index is -0.131. The number of thiophene rings is 1. The third kappa shape index (κ3) is 2.65. The standard InChI is InChI=1S/C19H23N5OS/c25-18-17-13(19(23-18)6-2-1-3-7-19)10-16(26-17)22-14-11-15(21-12-20-14)24-8-4-5-9-24/h10-12H,1-9H2,(H,23,25)(H,20,21,22). The van der Waals surface area contributed by atoms with Gasteiger partial charge < -0.3 is 15.5 Å². The first kappa shape index (κ1) is 16.1. The van der Waals surface area contributed by atoms with Gasteiger partial charge in [-0.05, 0) is 31.7 Å². The van der Waals surface area contributed by atoms with Gasteiger partial charge in [0.15, 0.2) is 0 Å². The maximum absolute atomic E-state index is 12.5. The van der Waals surface area contributed by atoms with Crippen LogP contribution in [0.25, 0.3) is 0 Å². The van der Waals surface area contributed by atoms with Crippen LogP contribution in [0.3, 0.4) is 0 Å². The molecular weight excluding hydrogens is 346 g/mol. The number of aromatic nitrogens is 2. The van der Waals surface area contributed by atoms with Gasteiger partial charge in [0.1, 0.15) is 18.0 Å². The predicted molar refractivity (Wildman–Crippen MR) is 103 cm³/mol. The number of carbonyl (C=O) groups excluding carboxylic acids is 1. The van der Waals surface area contributed by atoms with Crippen LogP contribution in [0.1, 0.15) is 60.2 Å². The summed E-state index contributed by atoms with van der Waals surface area (Å²) in [5.41, 5.74) is 1.05. The Labute approximate surface area is 157 Å². The van der Waals surface area contributed by atoms with E-state index in [0.29, 0.717) is 0 Å². The van der Waals surface area contributed by atoms with Crippen molar-refractivity contribution in [1.82, 2.24) is 15.3 Å². The first-order chi connectivity index (χ1) is 12.7. The SMILES string of the molecule is O=C1NC2(CCCCC2)c2cc(Nc3cc(N4CCCC4)ncn3)sc21. The lowest BCUT2D eigenvalue weighted by Crippen LogP contribution is -2.40. The number of nitrogens with one attached hydrogen (secondary N) is 2. The highest BCUT2D eigenvalue weighted by atomic mass is 32.1. The highest BCUT2D eigenvalue weighted by Crippen LogP contribution is 2.47. The fourth-order valence-electron chi connectivity index (χ4n) is 4.53. The van der Waals surface area contributed by atoms with Crippen molar-refractivity contribution in [3.8, 4) is 0 Å². The normalized spacial score (nSPS) is 21.1. The third-order valence-corrected chi connectivity index (χ3v) is 6.90. The molecule has 1 spiro atoms. The quantitative estimate of drug-likeness (QED) is 0.861. The van der Waals surface area contributed by atoms with Crippen LogP contribution in [-0.4, -0.2) is 29.0 Å². The predicted octanol–water partition coefficient (Wildman–Crippen LogP) is 3.78. The zero-order valence-corrected chi connectivity index (χ0v) is 15.6. The zero-order valence-electron chi connectivity index (χ0n) is 14.8. The smallest absolute Gasteiger partial charge is 0.262 e. The highest BCUT2D eigenvalue weighted by Gasteiger charge is 2.44. The van der Waals surface area contributed by atoms with Gasteiger partial charge in [-0.3, -0.25) is 4.79 Å². The van der Waals surface area contributed by atoms with E-state index in [1.54, 1.807) is 6.33 Å². The molecule has 6 nitrogen and oxygen atoms in total. The average molecular weight is 369 g/mol. The van der Waals surface area contributed by atoms with Crippen LogP contribution in [-0.2, 0) is 5.54 Å². The minimum Gasteiger partial charge on any atom is -0.356 e. The Morgan fingerprint density at radius 1 is 1.08 bits per heavy atom. The molecule has 0 radical (unpaired) electrons. The summed E-state index contributed by atoms with van der Waals surface area (Å²) >= 11 is 1.53. The number of carbonyl (C=O) groups is 1. The van der Waals surface area contributed by atoms with Crippen LogP contribution >= 0.6 is 11.3 Å². The number of fused-ring (bicyclic) bond motifs is 2. The maximum atomic E-state index is 12.5. The molecule has 5 rings (SSSR count). The van der Waals surface area contributed by atoms with E-state index in [-0.39, 0.29) is 11.4 Å². The largest absolute Gasteiger partial charge is 0.356 e. The lowest BCUT2D eigenvalue weighted by Gasteiger charge is -2.33. The molecule has 136 valence electrons. The summed E-state index contributed by atoms with van der Waals surface area (Å²) in [4.78, 5) is 24.4. The summed E-state index contributed by atoms with van der Waals surface area (Å²) in [7, 11) is 0. The topological polar surface area (TPSA) is 70.2 Å². The molecule has 0 unspecified atom stereocenters. The second kappa shape index (κ2) is 6.23. The van der Waals surface area contributed by atoms with E-state index in [4.69, 9.17) is 0 Å². The number of nitrogens with zero attached hydrogens (tertiary/aromatic N) is 3. The molecule has 3 aliphatic rings. The molecule has 1 amide bonds. The van der Waals surface area contributed by atoms with Crippen molar-refractivity contribution in [1.29, 1.82) is 0 Å². The molecule has 26 heavy (non-hydrogen) atoms. The zero-order chi connectivity index (χ0) is 17.6. The molecule has 2 fully saturated rings. The van der Waals surface area contributed by atoms with Gasteiger partial charge in [0.05, 0.1) is 15.4 Å². The molecule has 2 aromatic rings. The van der Waals surface area contributed by atoms with Gasteiger partial charge in [-0.15, -0.1) is 11.3 Å². The van der Waals surface area contributed by atoms with Crippen molar-refractivity contribution in [3.05, 3.63) is 28.9 Å². The summed E-state index contributed by atoms with van der Waals surface area (Å²) in [6, 6.07) is 4.16. The highest BCUT2D eigenvalue weighted by molar-refractivity contribution is 7.18. The van der Waals surface area contributed by atoms with Crippen LogP contribution in [0, 0.1) is 0 Å². The van der Waals surface area contributed by atoms with Gasteiger partial charge in [0.25, 0.3) is 5.91 Å². The van der Waals surface area contributed by atoms with Crippen molar-refractivity contribution in [2.75, 3.05) is 23.3 Å². The van der Waals surface area contributed by atoms with Crippen LogP contribution in [0.15, 0.2) is 18.5 Å². The van der Waals surface area contributed by atoms with E-state index < -0.39 is 0 Å². The number of amides is 1. The second-order valence-electron chi connectivity index (χ2n) is 7.53. The average Bonchev–Trinajstić information content (AvgIpc) is 3.37. The Morgan fingerprint density at radius 2 is 1.88 bits per heavy atom. The lowest BCUT2D eigenvalue weighted by atomic mass is 9.78. The Morgan fingerprint density at radius 3 is 2.69 bits per heavy atom. The van der Waals surface area contributed by atoms with Gasteiger partial charge in [0, 0.05) is 24.7 Å². The van der Waals surface area contributed by atoms with Crippen molar-refractivity contribution < 1.29 is 4.79 Å². The van der Waals surface area contributed by atoms with E-state index in [1.807, 2.05) is 6.07 Å². The molecule has 0 atom stereocenters. The molecule has 1 saturated carbocycles. The summed E-state index contributed by atoms with van der Waals surface area (Å²) < 4.78 is 0. The van der Waals surface area contributed by atoms with Crippen LogP contribution < -0.4 is 15.5 Å². The summed E-state index contributed by atoms with van der Waals surface area (Å²) in [6.07, 6.45) is 9.80. The van der Waals surface area contributed by atoms with E-state index in [0.717, 1.165) is 47.4 Å². The van der Waals surface area contributed by atoms with Gasteiger partial charge in [0.2, 0.25) is 0 Å². The van der Waals surface area contributed by atoms with Crippen molar-refractivity contribution in [3.63, 3.8) is 0 Å². The molecule has 4 heterocycles. The second-order valence-corrected chi connectivity index (χ2v) is 8.58. The molecular formula is C19H23N5OS. The minimum absolute atomic E-state index is 0.0837. The van der Waals surface area contributed by atoms with Crippen LogP contribution in [0.2, 0.25) is 0 Å². The molecule has 7 heteroatoms. The number of hydrogen-bond donors (Lipinski definition) is 2. The van der Waals surface area contributed by atoms with E-state index in [1.165, 1.54) is 49.0 Å². The molecule has 2 N–H and O–H groups in total. The lowest BCUT2D eigenvalue weighted by molar-refractivity contribution is 0.0912. The molecule has 1 aliphatic carbocycles. The Balaban J connectivity index is 1.41. The third-order valence-electron chi connectivity index (χ3n) is 5.85. The van der Waals surface area contributed by atoms with Gasteiger partial charge in [-0.25, -0.2) is 9.97 Å². The first-order valence-corrected chi connectivity index (χ1v) is 10.4. The fraction of sp³-hybridized carbons (Fsp3) is 0.526. The summed E-state index contributed by atoms with van der Waals surface area (Å²) in [5, 5.41) is 7.65. The van der Waals surface area contributed by atoms with Crippen LogP contribution in [0.4, 0.5) is 16.6 Å². The molecule has 0 bridgehead atoms. The van der Waals surface area contributed by atoms with E-state index in [9.17, 15) is 4.79 Å². The molecule has 0 aromatic carbocycles. The summed E-state index contributed by atoms with van der Waals surface area (Å²) in [6.45, 7) is 2.12. The van der Waals surface area contributed by atoms with Crippen molar-refractivity contribution in [2.45, 2.75) is 50.5 Å². The maximum Gasteiger partial charge on any atom is 0.262 e. The monoisotopic (exact) mass is 369 g/mol. The number of anilines is 3. The van der Waals surface area contributed by atoms with Gasteiger partial charge in [-0.1, -0.05) is 19.3 Å². The Hall–Kier alpha value is -2.15. The van der Waals surface area contributed by atoms with Crippen molar-refractivity contribution >= 4 is 33.9 Å². The Kier molecular flexibility index (Phi) is 3.85. The van der Waals surface area contributed by atoms with E-state index >= 15 is 0 Å². The van der Waals surface area contributed by atoms with E-state index in [2.05, 4.69) is 31.6 Å². The number of rotatable bonds is 3. The van der Waals surface area contributed by atoms with Gasteiger partial charge in [-0.2, -0.15) is 0 Å². The summed E-state index contributed by atoms with van der Waals surface area (Å²) in [5.74, 6) is 1.85. The molecule has 2 aromatic heterocycles. The first-order valence-electron chi connectivity index (χ1n) is 9.54. The Bertz CT molecular complexity index is 836.